The second-order valence-electron chi connectivity index (χ2n) is 8.22. The van der Waals surface area contributed by atoms with E-state index in [0.29, 0.717) is 47.8 Å². The van der Waals surface area contributed by atoms with Gasteiger partial charge in [0, 0.05) is 48.2 Å². The van der Waals surface area contributed by atoms with E-state index in [9.17, 15) is 9.59 Å². The van der Waals surface area contributed by atoms with Gasteiger partial charge in [-0.15, -0.1) is 6.42 Å². The highest BCUT2D eigenvalue weighted by Gasteiger charge is 2.19. The number of carbonyl (C=O) groups excluding carboxylic acids is 2. The normalized spacial score (nSPS) is 12.7. The molecule has 1 fully saturated rings. The molecule has 0 unspecified atom stereocenters. The summed E-state index contributed by atoms with van der Waals surface area (Å²) < 4.78 is 0. The molecule has 8 heteroatoms. The third kappa shape index (κ3) is 6.05. The van der Waals surface area contributed by atoms with Crippen molar-refractivity contribution < 1.29 is 9.59 Å². The predicted octanol–water partition coefficient (Wildman–Crippen LogP) is 3.63. The number of nitrogens with zero attached hydrogens (tertiary/aromatic N) is 2. The molecule has 0 radical (unpaired) electrons. The Labute approximate surface area is 209 Å². The average Bonchev–Trinajstić information content (AvgIpc) is 3.27. The Morgan fingerprint density at radius 2 is 1.91 bits per heavy atom. The summed E-state index contributed by atoms with van der Waals surface area (Å²) in [6.45, 7) is 1.98. The Balaban J connectivity index is 1.36. The van der Waals surface area contributed by atoms with Gasteiger partial charge in [-0.1, -0.05) is 41.8 Å². The zero-order valence-electron chi connectivity index (χ0n) is 19.0. The van der Waals surface area contributed by atoms with Crippen LogP contribution in [0.1, 0.15) is 38.2 Å². The molecule has 0 aliphatic carbocycles. The molecule has 3 aromatic rings. The van der Waals surface area contributed by atoms with E-state index in [2.05, 4.69) is 21.5 Å². The van der Waals surface area contributed by atoms with E-state index in [-0.39, 0.29) is 24.2 Å². The van der Waals surface area contributed by atoms with Gasteiger partial charge in [-0.05, 0) is 47.4 Å². The Bertz CT molecular complexity index is 1310. The van der Waals surface area contributed by atoms with E-state index in [4.69, 9.17) is 23.4 Å². The number of carbonyl (C=O) groups is 2. The molecular formula is C27H24ClN5O2. The molecule has 2 heterocycles. The number of aromatic nitrogens is 1. The number of pyridine rings is 1. The van der Waals surface area contributed by atoms with Crippen molar-refractivity contribution in [2.45, 2.75) is 13.0 Å². The number of terminal acetylenes is 1. The SMILES string of the molecule is C#Cc1ccc(Cl)cc1C(=N)CNC(=O)c1cncc(Cc2ccc(CN3CCNC3=O)cc2)c1. The number of hydrogen-bond acceptors (Lipinski definition) is 4. The Hall–Kier alpha value is -4.15. The molecule has 1 saturated heterocycles. The van der Waals surface area contributed by atoms with Gasteiger partial charge in [0.15, 0.2) is 0 Å². The lowest BCUT2D eigenvalue weighted by molar-refractivity contribution is 0.0958. The standard InChI is InChI=1S/C27H24ClN5O2/c1-2-21-7-8-23(28)13-24(21)25(29)16-32-26(34)22-12-20(14-30-15-22)11-18-3-5-19(6-4-18)17-33-10-9-31-27(33)35/h1,3-8,12-15,29H,9-11,16-17H2,(H,31,35)(H,32,34). The number of nitrogens with one attached hydrogen (secondary N) is 3. The summed E-state index contributed by atoms with van der Waals surface area (Å²) in [6, 6.07) is 14.8. The van der Waals surface area contributed by atoms with Crippen molar-refractivity contribution >= 4 is 29.3 Å². The van der Waals surface area contributed by atoms with E-state index in [1.165, 1.54) is 6.20 Å². The quantitative estimate of drug-likeness (QED) is 0.335. The average molecular weight is 486 g/mol. The van der Waals surface area contributed by atoms with Crippen molar-refractivity contribution in [1.29, 1.82) is 5.41 Å². The maximum atomic E-state index is 12.7. The molecule has 176 valence electrons. The van der Waals surface area contributed by atoms with Crippen LogP contribution < -0.4 is 10.6 Å². The van der Waals surface area contributed by atoms with Crippen LogP contribution in [0.4, 0.5) is 4.79 Å². The first-order chi connectivity index (χ1) is 16.9. The van der Waals surface area contributed by atoms with Gasteiger partial charge < -0.3 is 20.9 Å². The highest BCUT2D eigenvalue weighted by atomic mass is 35.5. The smallest absolute Gasteiger partial charge is 0.317 e. The molecule has 1 aromatic heterocycles. The van der Waals surface area contributed by atoms with E-state index in [1.54, 1.807) is 35.4 Å². The zero-order chi connectivity index (χ0) is 24.8. The van der Waals surface area contributed by atoms with Gasteiger partial charge in [0.05, 0.1) is 17.8 Å². The summed E-state index contributed by atoms with van der Waals surface area (Å²) in [5, 5.41) is 14.3. The third-order valence-electron chi connectivity index (χ3n) is 5.69. The van der Waals surface area contributed by atoms with Crippen molar-refractivity contribution in [1.82, 2.24) is 20.5 Å². The summed E-state index contributed by atoms with van der Waals surface area (Å²) in [4.78, 5) is 30.4. The highest BCUT2D eigenvalue weighted by Crippen LogP contribution is 2.17. The number of rotatable bonds is 8. The number of amides is 3. The Morgan fingerprint density at radius 3 is 2.63 bits per heavy atom. The van der Waals surface area contributed by atoms with Gasteiger partial charge in [0.25, 0.3) is 5.91 Å². The fourth-order valence-corrected chi connectivity index (χ4v) is 4.02. The monoisotopic (exact) mass is 485 g/mol. The minimum atomic E-state index is -0.326. The Kier molecular flexibility index (Phi) is 7.44. The molecule has 0 bridgehead atoms. The van der Waals surface area contributed by atoms with E-state index >= 15 is 0 Å². The van der Waals surface area contributed by atoms with E-state index < -0.39 is 0 Å². The molecule has 3 amide bonds. The minimum Gasteiger partial charge on any atom is -0.346 e. The molecular weight excluding hydrogens is 462 g/mol. The van der Waals surface area contributed by atoms with Crippen molar-refractivity contribution in [3.63, 3.8) is 0 Å². The molecule has 4 rings (SSSR count). The van der Waals surface area contributed by atoms with Crippen molar-refractivity contribution in [3.8, 4) is 12.3 Å². The van der Waals surface area contributed by atoms with Gasteiger partial charge >= 0.3 is 6.03 Å². The van der Waals surface area contributed by atoms with Gasteiger partial charge in [0.1, 0.15) is 0 Å². The number of hydrogen-bond donors (Lipinski definition) is 3. The van der Waals surface area contributed by atoms with Gasteiger partial charge in [0.2, 0.25) is 0 Å². The fourth-order valence-electron chi connectivity index (χ4n) is 3.85. The summed E-state index contributed by atoms with van der Waals surface area (Å²) in [5.41, 5.74) is 4.67. The second kappa shape index (κ2) is 10.9. The lowest BCUT2D eigenvalue weighted by atomic mass is 10.0. The third-order valence-corrected chi connectivity index (χ3v) is 5.93. The first-order valence-corrected chi connectivity index (χ1v) is 11.5. The molecule has 0 saturated carbocycles. The molecule has 3 N–H and O–H groups in total. The van der Waals surface area contributed by atoms with Crippen LogP contribution in [0.15, 0.2) is 60.9 Å². The molecule has 2 aromatic carbocycles. The van der Waals surface area contributed by atoms with Crippen LogP contribution in [-0.2, 0) is 13.0 Å². The highest BCUT2D eigenvalue weighted by molar-refractivity contribution is 6.31. The first kappa shape index (κ1) is 24.0. The van der Waals surface area contributed by atoms with E-state index in [0.717, 1.165) is 16.7 Å². The summed E-state index contributed by atoms with van der Waals surface area (Å²) >= 11 is 6.03. The second-order valence-corrected chi connectivity index (χ2v) is 8.66. The number of urea groups is 1. The van der Waals surface area contributed by atoms with E-state index in [1.807, 2.05) is 24.3 Å². The molecule has 35 heavy (non-hydrogen) atoms. The predicted molar refractivity (Wildman–Crippen MR) is 136 cm³/mol. The summed E-state index contributed by atoms with van der Waals surface area (Å²) in [7, 11) is 0. The first-order valence-electron chi connectivity index (χ1n) is 11.1. The molecule has 1 aliphatic rings. The molecule has 0 spiro atoms. The summed E-state index contributed by atoms with van der Waals surface area (Å²) in [6.07, 6.45) is 9.35. The van der Waals surface area contributed by atoms with Gasteiger partial charge in [-0.3, -0.25) is 9.78 Å². The van der Waals surface area contributed by atoms with Crippen LogP contribution in [0.5, 0.6) is 0 Å². The topological polar surface area (TPSA) is 98.2 Å². The van der Waals surface area contributed by atoms with Crippen LogP contribution in [0.2, 0.25) is 5.02 Å². The zero-order valence-corrected chi connectivity index (χ0v) is 19.7. The lowest BCUT2D eigenvalue weighted by Crippen LogP contribution is -2.30. The maximum absolute atomic E-state index is 12.7. The van der Waals surface area contributed by atoms with Crippen LogP contribution in [-0.4, -0.2) is 47.2 Å². The van der Waals surface area contributed by atoms with Gasteiger partial charge in [-0.2, -0.15) is 0 Å². The fraction of sp³-hybridized carbons (Fsp3) is 0.185. The lowest BCUT2D eigenvalue weighted by Gasteiger charge is -2.14. The maximum Gasteiger partial charge on any atom is 0.317 e. The van der Waals surface area contributed by atoms with Gasteiger partial charge in [-0.25, -0.2) is 4.79 Å². The largest absolute Gasteiger partial charge is 0.346 e. The van der Waals surface area contributed by atoms with Crippen LogP contribution in [0.3, 0.4) is 0 Å². The molecule has 1 aliphatic heterocycles. The minimum absolute atomic E-state index is 0.00852. The number of benzene rings is 2. The van der Waals surface area contributed by atoms with Crippen molar-refractivity contribution in [2.75, 3.05) is 19.6 Å². The molecule has 0 atom stereocenters. The molecule has 7 nitrogen and oxygen atoms in total. The van der Waals surface area contributed by atoms with Crippen LogP contribution >= 0.6 is 11.6 Å². The van der Waals surface area contributed by atoms with Crippen molar-refractivity contribution in [2.24, 2.45) is 0 Å². The summed E-state index contributed by atoms with van der Waals surface area (Å²) in [5.74, 6) is 2.21. The van der Waals surface area contributed by atoms with Crippen LogP contribution in [0.25, 0.3) is 0 Å². The van der Waals surface area contributed by atoms with Crippen molar-refractivity contribution in [3.05, 3.63) is 99.3 Å². The van der Waals surface area contributed by atoms with Crippen LogP contribution in [0, 0.1) is 17.8 Å². The Morgan fingerprint density at radius 1 is 1.14 bits per heavy atom. The number of halogens is 1.